The van der Waals surface area contributed by atoms with Gasteiger partial charge in [-0.25, -0.2) is 0 Å². The van der Waals surface area contributed by atoms with E-state index in [0.717, 1.165) is 21.3 Å². The summed E-state index contributed by atoms with van der Waals surface area (Å²) in [5, 5.41) is 10.2. The fourth-order valence-electron chi connectivity index (χ4n) is 2.47. The number of hydrogen-bond acceptors (Lipinski definition) is 2. The zero-order valence-electron chi connectivity index (χ0n) is 10.6. The highest BCUT2D eigenvalue weighted by Gasteiger charge is 2.27. The van der Waals surface area contributed by atoms with Crippen molar-refractivity contribution in [1.29, 1.82) is 0 Å². The van der Waals surface area contributed by atoms with Crippen LogP contribution in [0.4, 0.5) is 0 Å². The first kappa shape index (κ1) is 12.7. The van der Waals surface area contributed by atoms with Crippen molar-refractivity contribution < 1.29 is 9.84 Å². The summed E-state index contributed by atoms with van der Waals surface area (Å²) in [7, 11) is 0. The maximum atomic E-state index is 10.2. The van der Waals surface area contributed by atoms with Crippen molar-refractivity contribution in [2.75, 3.05) is 0 Å². The molecule has 3 heteroatoms. The van der Waals surface area contributed by atoms with Crippen LogP contribution < -0.4 is 4.74 Å². The molecule has 98 valence electrons. The van der Waals surface area contributed by atoms with Gasteiger partial charge >= 0.3 is 0 Å². The number of halogens is 1. The molecule has 3 rings (SSSR count). The van der Waals surface area contributed by atoms with Crippen molar-refractivity contribution >= 4 is 15.9 Å². The summed E-state index contributed by atoms with van der Waals surface area (Å²) in [5.74, 6) is 0.784. The lowest BCUT2D eigenvalue weighted by Crippen LogP contribution is -2.19. The molecule has 2 aromatic carbocycles. The first-order valence-corrected chi connectivity index (χ1v) is 7.14. The molecular formula is C16H15BrO2. The minimum Gasteiger partial charge on any atom is -0.485 e. The Morgan fingerprint density at radius 3 is 2.79 bits per heavy atom. The van der Waals surface area contributed by atoms with Crippen LogP contribution in [-0.4, -0.2) is 5.11 Å². The third-order valence-corrected chi connectivity index (χ3v) is 4.43. The first-order valence-electron chi connectivity index (χ1n) is 6.35. The molecule has 0 aliphatic carbocycles. The van der Waals surface area contributed by atoms with E-state index in [1.54, 1.807) is 0 Å². The highest BCUT2D eigenvalue weighted by Crippen LogP contribution is 2.40. The molecule has 0 saturated carbocycles. The monoisotopic (exact) mass is 318 g/mol. The van der Waals surface area contributed by atoms with Gasteiger partial charge in [-0.15, -0.1) is 0 Å². The predicted octanol–water partition coefficient (Wildman–Crippen LogP) is 4.31. The van der Waals surface area contributed by atoms with Crippen molar-refractivity contribution in [3.05, 3.63) is 63.6 Å². The molecule has 0 aromatic heterocycles. The minimum atomic E-state index is -0.459. The second-order valence-electron chi connectivity index (χ2n) is 4.90. The molecule has 2 atom stereocenters. The zero-order valence-corrected chi connectivity index (χ0v) is 12.2. The lowest BCUT2D eigenvalue weighted by Gasteiger charge is -2.30. The number of aryl methyl sites for hydroxylation is 1. The molecular weight excluding hydrogens is 304 g/mol. The predicted molar refractivity (Wildman–Crippen MR) is 78.3 cm³/mol. The van der Waals surface area contributed by atoms with Gasteiger partial charge in [-0.1, -0.05) is 46.3 Å². The Kier molecular flexibility index (Phi) is 3.33. The third kappa shape index (κ3) is 2.40. The number of benzene rings is 2. The molecule has 0 radical (unpaired) electrons. The number of fused-ring (bicyclic) bond motifs is 1. The molecule has 0 amide bonds. The van der Waals surface area contributed by atoms with E-state index < -0.39 is 6.10 Å². The summed E-state index contributed by atoms with van der Waals surface area (Å²) in [4.78, 5) is 0. The number of rotatable bonds is 1. The summed E-state index contributed by atoms with van der Waals surface area (Å²) in [5.41, 5.74) is 3.16. The van der Waals surface area contributed by atoms with Gasteiger partial charge in [-0.05, 0) is 30.2 Å². The molecule has 1 heterocycles. The van der Waals surface area contributed by atoms with Crippen molar-refractivity contribution in [3.8, 4) is 5.75 Å². The average Bonchev–Trinajstić information content (AvgIpc) is 2.42. The average molecular weight is 319 g/mol. The van der Waals surface area contributed by atoms with E-state index >= 15 is 0 Å². The van der Waals surface area contributed by atoms with Gasteiger partial charge in [0.15, 0.2) is 0 Å². The summed E-state index contributed by atoms with van der Waals surface area (Å²) >= 11 is 3.50. The number of ether oxygens (including phenoxy) is 1. The number of para-hydroxylation sites is 1. The van der Waals surface area contributed by atoms with Crippen LogP contribution in [0.25, 0.3) is 0 Å². The number of aliphatic hydroxyl groups excluding tert-OH is 1. The van der Waals surface area contributed by atoms with E-state index in [1.165, 1.54) is 5.56 Å². The maximum absolute atomic E-state index is 10.2. The van der Waals surface area contributed by atoms with Gasteiger partial charge in [0.25, 0.3) is 0 Å². The van der Waals surface area contributed by atoms with Gasteiger partial charge in [0.05, 0.1) is 6.10 Å². The van der Waals surface area contributed by atoms with Gasteiger partial charge in [0, 0.05) is 16.5 Å². The number of hydrogen-bond donors (Lipinski definition) is 1. The smallest absolute Gasteiger partial charge is 0.127 e. The highest BCUT2D eigenvalue weighted by molar-refractivity contribution is 9.10. The molecule has 1 N–H and O–H groups in total. The molecule has 19 heavy (non-hydrogen) atoms. The standard InChI is InChI=1S/C16H15BrO2/c1-10-8-11(6-7-13(10)17)16-9-14(18)12-4-2-3-5-15(12)19-16/h2-8,14,16,18H,9H2,1H3/t14-,16?/m0/s1. The van der Waals surface area contributed by atoms with Gasteiger partial charge in [0.2, 0.25) is 0 Å². The van der Waals surface area contributed by atoms with Crippen molar-refractivity contribution in [2.45, 2.75) is 25.6 Å². The van der Waals surface area contributed by atoms with Crippen LogP contribution in [0.3, 0.4) is 0 Å². The second-order valence-corrected chi connectivity index (χ2v) is 5.76. The maximum Gasteiger partial charge on any atom is 0.127 e. The molecule has 0 fully saturated rings. The van der Waals surface area contributed by atoms with Crippen LogP contribution in [-0.2, 0) is 0 Å². The fraction of sp³-hybridized carbons (Fsp3) is 0.250. The Morgan fingerprint density at radius 1 is 1.21 bits per heavy atom. The van der Waals surface area contributed by atoms with E-state index in [9.17, 15) is 5.11 Å². The van der Waals surface area contributed by atoms with E-state index in [4.69, 9.17) is 4.74 Å². The quantitative estimate of drug-likeness (QED) is 0.848. The van der Waals surface area contributed by atoms with E-state index in [0.29, 0.717) is 6.42 Å². The molecule has 0 spiro atoms. The lowest BCUT2D eigenvalue weighted by atomic mass is 9.94. The van der Waals surface area contributed by atoms with Gasteiger partial charge in [0.1, 0.15) is 11.9 Å². The van der Waals surface area contributed by atoms with Crippen LogP contribution >= 0.6 is 15.9 Å². The highest BCUT2D eigenvalue weighted by atomic mass is 79.9. The zero-order chi connectivity index (χ0) is 13.4. The Balaban J connectivity index is 1.94. The van der Waals surface area contributed by atoms with Crippen molar-refractivity contribution in [3.63, 3.8) is 0 Å². The molecule has 2 nitrogen and oxygen atoms in total. The van der Waals surface area contributed by atoms with Crippen molar-refractivity contribution in [2.24, 2.45) is 0 Å². The van der Waals surface area contributed by atoms with Gasteiger partial charge in [-0.2, -0.15) is 0 Å². The molecule has 1 aliphatic heterocycles. The Labute approximate surface area is 121 Å². The molecule has 0 bridgehead atoms. The molecule has 1 unspecified atom stereocenters. The Hall–Kier alpha value is -1.32. The van der Waals surface area contributed by atoms with Gasteiger partial charge < -0.3 is 9.84 Å². The second kappa shape index (κ2) is 4.99. The number of aliphatic hydroxyl groups is 1. The van der Waals surface area contributed by atoms with Crippen LogP contribution in [0, 0.1) is 6.92 Å². The molecule has 1 aliphatic rings. The first-order chi connectivity index (χ1) is 9.15. The summed E-state index contributed by atoms with van der Waals surface area (Å²) in [6.45, 7) is 2.06. The lowest BCUT2D eigenvalue weighted by molar-refractivity contribution is 0.0657. The van der Waals surface area contributed by atoms with Crippen LogP contribution in [0.5, 0.6) is 5.75 Å². The van der Waals surface area contributed by atoms with E-state index in [-0.39, 0.29) is 6.10 Å². The van der Waals surface area contributed by atoms with E-state index in [1.807, 2.05) is 36.4 Å². The third-order valence-electron chi connectivity index (χ3n) is 3.54. The molecule has 2 aromatic rings. The van der Waals surface area contributed by atoms with Gasteiger partial charge in [-0.3, -0.25) is 0 Å². The van der Waals surface area contributed by atoms with Crippen LogP contribution in [0.15, 0.2) is 46.9 Å². The van der Waals surface area contributed by atoms with Crippen LogP contribution in [0.2, 0.25) is 0 Å². The van der Waals surface area contributed by atoms with Crippen molar-refractivity contribution in [1.82, 2.24) is 0 Å². The SMILES string of the molecule is Cc1cc(C2C[C@H](O)c3ccccc3O2)ccc1Br. The van der Waals surface area contributed by atoms with Crippen LogP contribution in [0.1, 0.15) is 35.3 Å². The fourth-order valence-corrected chi connectivity index (χ4v) is 2.71. The normalized spacial score (nSPS) is 21.6. The summed E-state index contributed by atoms with van der Waals surface area (Å²) in [6.07, 6.45) is 0.0496. The minimum absolute atomic E-state index is 0.0864. The molecule has 0 saturated heterocycles. The topological polar surface area (TPSA) is 29.5 Å². The Morgan fingerprint density at radius 2 is 2.00 bits per heavy atom. The van der Waals surface area contributed by atoms with E-state index in [2.05, 4.69) is 28.9 Å². The largest absolute Gasteiger partial charge is 0.485 e. The summed E-state index contributed by atoms with van der Waals surface area (Å²) in [6, 6.07) is 13.9. The Bertz CT molecular complexity index is 609. The summed E-state index contributed by atoms with van der Waals surface area (Å²) < 4.78 is 7.10.